The van der Waals surface area contributed by atoms with E-state index in [-0.39, 0.29) is 24.0 Å². The molecular weight excluding hydrogens is 427 g/mol. The Balaban J connectivity index is 0.00000225. The van der Waals surface area contributed by atoms with E-state index in [9.17, 15) is 0 Å². The highest BCUT2D eigenvalue weighted by molar-refractivity contribution is 14.0. The molecule has 3 rings (SSSR count). The molecule has 1 aromatic rings. The molecule has 2 aliphatic rings. The number of aliphatic imine (C=N–C) groups is 1. The number of nitrogens with two attached hydrogens (primary N) is 1. The summed E-state index contributed by atoms with van der Waals surface area (Å²) in [5.74, 6) is 1.51. The summed E-state index contributed by atoms with van der Waals surface area (Å²) in [7, 11) is 0. The zero-order valence-electron chi connectivity index (χ0n) is 15.2. The molecule has 0 spiro atoms. The molecule has 2 N–H and O–H groups in total. The molecule has 0 atom stereocenters. The molecule has 0 amide bonds. The van der Waals surface area contributed by atoms with Gasteiger partial charge in [0.15, 0.2) is 5.96 Å². The fraction of sp³-hybridized carbons (Fsp3) is 0.632. The number of rotatable bonds is 4. The second-order valence-electron chi connectivity index (χ2n) is 7.00. The molecule has 0 unspecified atom stereocenters. The maximum atomic E-state index is 6.16. The minimum absolute atomic E-state index is 0. The Morgan fingerprint density at radius 2 is 1.76 bits per heavy atom. The van der Waals surface area contributed by atoms with Crippen molar-refractivity contribution in [2.24, 2.45) is 16.6 Å². The largest absolute Gasteiger partial charge is 0.378 e. The van der Waals surface area contributed by atoms with Gasteiger partial charge in [-0.3, -0.25) is 4.90 Å². The molecule has 0 bridgehead atoms. The predicted molar refractivity (Wildman–Crippen MR) is 113 cm³/mol. The van der Waals surface area contributed by atoms with Gasteiger partial charge in [-0.1, -0.05) is 31.2 Å². The van der Waals surface area contributed by atoms with Gasteiger partial charge in [-0.25, -0.2) is 4.99 Å². The van der Waals surface area contributed by atoms with Crippen LogP contribution in [-0.2, 0) is 17.8 Å². The van der Waals surface area contributed by atoms with E-state index in [2.05, 4.69) is 46.0 Å². The molecule has 2 saturated heterocycles. The van der Waals surface area contributed by atoms with Crippen LogP contribution in [0.1, 0.15) is 30.9 Å². The summed E-state index contributed by atoms with van der Waals surface area (Å²) < 4.78 is 5.37. The zero-order valence-corrected chi connectivity index (χ0v) is 17.5. The third-order valence-corrected chi connectivity index (χ3v) is 5.14. The van der Waals surface area contributed by atoms with Gasteiger partial charge in [-0.05, 0) is 43.0 Å². The Hall–Kier alpha value is -0.860. The van der Waals surface area contributed by atoms with Crippen molar-refractivity contribution in [3.8, 4) is 0 Å². The van der Waals surface area contributed by atoms with Crippen LogP contribution in [0, 0.1) is 5.92 Å². The highest BCUT2D eigenvalue weighted by Gasteiger charge is 2.17. The van der Waals surface area contributed by atoms with Crippen LogP contribution < -0.4 is 5.73 Å². The maximum absolute atomic E-state index is 6.16. The lowest BCUT2D eigenvalue weighted by molar-refractivity contribution is 0.0674. The predicted octanol–water partition coefficient (Wildman–Crippen LogP) is 2.68. The summed E-state index contributed by atoms with van der Waals surface area (Å²) in [4.78, 5) is 9.30. The van der Waals surface area contributed by atoms with Gasteiger partial charge in [-0.15, -0.1) is 24.0 Å². The molecule has 0 radical (unpaired) electrons. The number of piperidine rings is 1. The number of benzene rings is 1. The van der Waals surface area contributed by atoms with Crippen LogP contribution >= 0.6 is 24.0 Å². The SMILES string of the molecule is CC1CCN(Cc2ccccc2CN=C(N)N2CCOCC2)CC1.I. The van der Waals surface area contributed by atoms with Gasteiger partial charge in [0, 0.05) is 19.6 Å². The first-order valence-electron chi connectivity index (χ1n) is 9.14. The maximum Gasteiger partial charge on any atom is 0.191 e. The molecule has 0 saturated carbocycles. The van der Waals surface area contributed by atoms with Gasteiger partial charge >= 0.3 is 0 Å². The van der Waals surface area contributed by atoms with E-state index in [1.807, 2.05) is 0 Å². The summed E-state index contributed by atoms with van der Waals surface area (Å²) in [6, 6.07) is 8.63. The van der Waals surface area contributed by atoms with Crippen molar-refractivity contribution in [1.29, 1.82) is 0 Å². The molecule has 25 heavy (non-hydrogen) atoms. The zero-order chi connectivity index (χ0) is 16.8. The smallest absolute Gasteiger partial charge is 0.191 e. The van der Waals surface area contributed by atoms with Crippen LogP contribution in [0.15, 0.2) is 29.3 Å². The Morgan fingerprint density at radius 1 is 1.12 bits per heavy atom. The first-order valence-corrected chi connectivity index (χ1v) is 9.14. The van der Waals surface area contributed by atoms with Crippen molar-refractivity contribution in [3.63, 3.8) is 0 Å². The third-order valence-electron chi connectivity index (χ3n) is 5.14. The lowest BCUT2D eigenvalue weighted by Crippen LogP contribution is -2.44. The molecule has 2 fully saturated rings. The normalized spacial score (nSPS) is 20.4. The number of nitrogens with zero attached hydrogens (tertiary/aromatic N) is 3. The van der Waals surface area contributed by atoms with Crippen molar-refractivity contribution in [2.45, 2.75) is 32.9 Å². The topological polar surface area (TPSA) is 54.1 Å². The lowest BCUT2D eigenvalue weighted by Gasteiger charge is -2.30. The molecule has 5 nitrogen and oxygen atoms in total. The van der Waals surface area contributed by atoms with E-state index < -0.39 is 0 Å². The van der Waals surface area contributed by atoms with Crippen LogP contribution in [0.3, 0.4) is 0 Å². The molecule has 2 heterocycles. The van der Waals surface area contributed by atoms with Crippen molar-refractivity contribution in [2.75, 3.05) is 39.4 Å². The number of morpholine rings is 1. The third kappa shape index (κ3) is 6.11. The minimum atomic E-state index is 0. The Morgan fingerprint density at radius 3 is 2.44 bits per heavy atom. The summed E-state index contributed by atoms with van der Waals surface area (Å²) >= 11 is 0. The van der Waals surface area contributed by atoms with Gasteiger partial charge in [0.2, 0.25) is 0 Å². The quantitative estimate of drug-likeness (QED) is 0.429. The number of guanidine groups is 1. The number of hydrogen-bond acceptors (Lipinski definition) is 3. The van der Waals surface area contributed by atoms with Gasteiger partial charge in [0.25, 0.3) is 0 Å². The Labute approximate surface area is 168 Å². The Bertz CT molecular complexity index is 552. The summed E-state index contributed by atoms with van der Waals surface area (Å²) in [5.41, 5.74) is 8.82. The van der Waals surface area contributed by atoms with Gasteiger partial charge in [0.1, 0.15) is 0 Å². The molecule has 0 aromatic heterocycles. The van der Waals surface area contributed by atoms with Gasteiger partial charge in [-0.2, -0.15) is 0 Å². The minimum Gasteiger partial charge on any atom is -0.378 e. The van der Waals surface area contributed by atoms with E-state index in [4.69, 9.17) is 10.5 Å². The summed E-state index contributed by atoms with van der Waals surface area (Å²) in [6.45, 7) is 9.59. The van der Waals surface area contributed by atoms with Crippen molar-refractivity contribution in [3.05, 3.63) is 35.4 Å². The monoisotopic (exact) mass is 458 g/mol. The number of hydrogen-bond donors (Lipinski definition) is 1. The average molecular weight is 458 g/mol. The highest BCUT2D eigenvalue weighted by atomic mass is 127. The number of ether oxygens (including phenoxy) is 1. The first kappa shape index (κ1) is 20.5. The van der Waals surface area contributed by atoms with Crippen molar-refractivity contribution in [1.82, 2.24) is 9.80 Å². The molecule has 2 aliphatic heterocycles. The van der Waals surface area contributed by atoms with Crippen LogP contribution in [0.2, 0.25) is 0 Å². The van der Waals surface area contributed by atoms with Crippen molar-refractivity contribution >= 4 is 29.9 Å². The highest BCUT2D eigenvalue weighted by Crippen LogP contribution is 2.20. The lowest BCUT2D eigenvalue weighted by atomic mass is 9.98. The second kappa shape index (κ2) is 10.3. The van der Waals surface area contributed by atoms with Crippen molar-refractivity contribution < 1.29 is 4.74 Å². The first-order chi connectivity index (χ1) is 11.7. The fourth-order valence-electron chi connectivity index (χ4n) is 3.39. The van der Waals surface area contributed by atoms with Gasteiger partial charge < -0.3 is 15.4 Å². The van der Waals surface area contributed by atoms with Crippen LogP contribution in [-0.4, -0.2) is 55.2 Å². The fourth-order valence-corrected chi connectivity index (χ4v) is 3.39. The van der Waals surface area contributed by atoms with E-state index in [0.29, 0.717) is 12.5 Å². The van der Waals surface area contributed by atoms with Crippen LogP contribution in [0.5, 0.6) is 0 Å². The van der Waals surface area contributed by atoms with E-state index in [1.54, 1.807) is 0 Å². The summed E-state index contributed by atoms with van der Waals surface area (Å²) in [6.07, 6.45) is 2.62. The molecular formula is C19H31IN4O. The van der Waals surface area contributed by atoms with Gasteiger partial charge in [0.05, 0.1) is 19.8 Å². The molecule has 140 valence electrons. The standard InChI is InChI=1S/C19H30N4O.HI/c1-16-6-8-22(9-7-16)15-18-5-3-2-4-17(18)14-21-19(20)23-10-12-24-13-11-23;/h2-5,16H,6-15H2,1H3,(H2,20,21);1H. The van der Waals surface area contributed by atoms with E-state index in [1.165, 1.54) is 37.1 Å². The average Bonchev–Trinajstić information content (AvgIpc) is 2.63. The van der Waals surface area contributed by atoms with Crippen LogP contribution in [0.25, 0.3) is 0 Å². The molecule has 6 heteroatoms. The van der Waals surface area contributed by atoms with Crippen LogP contribution in [0.4, 0.5) is 0 Å². The molecule has 1 aromatic carbocycles. The Kier molecular flexibility index (Phi) is 8.45. The molecule has 0 aliphatic carbocycles. The number of halogens is 1. The van der Waals surface area contributed by atoms with E-state index in [0.717, 1.165) is 38.8 Å². The summed E-state index contributed by atoms with van der Waals surface area (Å²) in [5, 5.41) is 0. The second-order valence-corrected chi connectivity index (χ2v) is 7.00. The number of likely N-dealkylation sites (tertiary alicyclic amines) is 1. The van der Waals surface area contributed by atoms with E-state index >= 15 is 0 Å².